The predicted octanol–water partition coefficient (Wildman–Crippen LogP) is 3.04. The van der Waals surface area contributed by atoms with Crippen molar-refractivity contribution in [3.05, 3.63) is 0 Å². The van der Waals surface area contributed by atoms with Crippen LogP contribution in [-0.2, 0) is 19.1 Å². The fraction of sp³-hybridized carbons (Fsp3) is 0.833. The molecule has 0 aliphatic heterocycles. The van der Waals surface area contributed by atoms with E-state index in [1.807, 2.05) is 0 Å². The maximum Gasteiger partial charge on any atom is 0.372 e. The summed E-state index contributed by atoms with van der Waals surface area (Å²) < 4.78 is 82.6. The summed E-state index contributed by atoms with van der Waals surface area (Å²) in [6, 6.07) is 0. The van der Waals surface area contributed by atoms with Crippen LogP contribution in [0.1, 0.15) is 27.2 Å². The van der Waals surface area contributed by atoms with Crippen LogP contribution >= 0.6 is 0 Å². The number of alkyl halides is 6. The Hall–Kier alpha value is -1.48. The molecule has 0 aromatic rings. The van der Waals surface area contributed by atoms with E-state index in [9.17, 15) is 35.9 Å². The lowest BCUT2D eigenvalue weighted by Crippen LogP contribution is -2.49. The van der Waals surface area contributed by atoms with Gasteiger partial charge < -0.3 is 9.47 Å². The summed E-state index contributed by atoms with van der Waals surface area (Å²) in [6.45, 7) is 1.32. The van der Waals surface area contributed by atoms with Gasteiger partial charge in [-0.2, -0.15) is 17.6 Å². The van der Waals surface area contributed by atoms with E-state index >= 15 is 0 Å². The highest BCUT2D eigenvalue weighted by Gasteiger charge is 2.63. The summed E-state index contributed by atoms with van der Waals surface area (Å²) >= 11 is 0. The Morgan fingerprint density at radius 2 is 1.55 bits per heavy atom. The summed E-state index contributed by atoms with van der Waals surface area (Å²) in [5.41, 5.74) is -0.938. The van der Waals surface area contributed by atoms with Gasteiger partial charge in [0.25, 0.3) is 0 Å². The molecule has 4 nitrogen and oxygen atoms in total. The molecule has 0 heterocycles. The molecular formula is C12H16F6O4. The molecule has 0 unspecified atom stereocenters. The number of hydrogen-bond donors (Lipinski definition) is 0. The van der Waals surface area contributed by atoms with Gasteiger partial charge in [-0.3, -0.25) is 4.79 Å². The van der Waals surface area contributed by atoms with Crippen molar-refractivity contribution in [1.29, 1.82) is 0 Å². The monoisotopic (exact) mass is 338 g/mol. The van der Waals surface area contributed by atoms with Crippen LogP contribution in [-0.4, -0.2) is 43.4 Å². The van der Waals surface area contributed by atoms with Crippen molar-refractivity contribution in [2.24, 2.45) is 5.41 Å². The van der Waals surface area contributed by atoms with E-state index in [0.717, 1.165) is 0 Å². The number of ether oxygens (including phenoxy) is 2. The number of rotatable bonds is 8. The number of carbonyl (C=O) groups excluding carboxylic acids is 2. The molecule has 0 saturated heterocycles. The van der Waals surface area contributed by atoms with Gasteiger partial charge in [-0.15, -0.1) is 0 Å². The molecule has 0 bridgehead atoms. The number of hydrogen-bond acceptors (Lipinski definition) is 4. The van der Waals surface area contributed by atoms with Gasteiger partial charge in [-0.25, -0.2) is 13.6 Å². The van der Waals surface area contributed by atoms with Gasteiger partial charge in [0.05, 0.1) is 5.41 Å². The van der Waals surface area contributed by atoms with Crippen LogP contribution in [0, 0.1) is 5.41 Å². The third kappa shape index (κ3) is 5.06. The highest BCUT2D eigenvalue weighted by Crippen LogP contribution is 2.39. The zero-order valence-electron chi connectivity index (χ0n) is 12.1. The Labute approximate surface area is 122 Å². The fourth-order valence-electron chi connectivity index (χ4n) is 0.933. The van der Waals surface area contributed by atoms with Crippen molar-refractivity contribution in [3.8, 4) is 0 Å². The van der Waals surface area contributed by atoms with Crippen molar-refractivity contribution in [3.63, 3.8) is 0 Å². The predicted molar refractivity (Wildman–Crippen MR) is 61.9 cm³/mol. The maximum absolute atomic E-state index is 12.8. The van der Waals surface area contributed by atoms with E-state index < -0.39 is 48.8 Å². The average Bonchev–Trinajstić information content (AvgIpc) is 2.41. The second-order valence-corrected chi connectivity index (χ2v) is 5.10. The van der Waals surface area contributed by atoms with E-state index in [2.05, 4.69) is 9.47 Å². The Kier molecular flexibility index (Phi) is 6.70. The van der Waals surface area contributed by atoms with E-state index in [4.69, 9.17) is 0 Å². The first-order valence-electron chi connectivity index (χ1n) is 6.14. The van der Waals surface area contributed by atoms with E-state index in [1.165, 1.54) is 13.8 Å². The molecule has 0 radical (unpaired) electrons. The highest BCUT2D eigenvalue weighted by molar-refractivity contribution is 5.79. The Morgan fingerprint density at radius 3 is 1.95 bits per heavy atom. The number of halogens is 6. The first-order valence-corrected chi connectivity index (χ1v) is 6.14. The Morgan fingerprint density at radius 1 is 1.05 bits per heavy atom. The number of esters is 2. The van der Waals surface area contributed by atoms with Crippen LogP contribution in [0.4, 0.5) is 26.3 Å². The van der Waals surface area contributed by atoms with E-state index in [0.29, 0.717) is 6.42 Å². The lowest BCUT2D eigenvalue weighted by Gasteiger charge is -2.25. The molecule has 0 aromatic heterocycles. The molecule has 0 spiro atoms. The van der Waals surface area contributed by atoms with Crippen LogP contribution in [0.25, 0.3) is 0 Å². The molecule has 22 heavy (non-hydrogen) atoms. The van der Waals surface area contributed by atoms with Gasteiger partial charge in [0, 0.05) is 0 Å². The Bertz CT molecular complexity index is 408. The quantitative estimate of drug-likeness (QED) is 0.504. The zero-order valence-corrected chi connectivity index (χ0v) is 12.1. The van der Waals surface area contributed by atoms with Crippen LogP contribution < -0.4 is 0 Å². The van der Waals surface area contributed by atoms with E-state index in [-0.39, 0.29) is 0 Å². The molecule has 0 atom stereocenters. The zero-order chi connectivity index (χ0) is 17.8. The molecule has 0 aliphatic carbocycles. The third-order valence-corrected chi connectivity index (χ3v) is 2.93. The minimum Gasteiger partial charge on any atom is -0.456 e. The second-order valence-electron chi connectivity index (χ2n) is 5.10. The smallest absolute Gasteiger partial charge is 0.372 e. The normalized spacial score (nSPS) is 13.2. The van der Waals surface area contributed by atoms with Gasteiger partial charge in [0.15, 0.2) is 13.2 Å². The second kappa shape index (κ2) is 7.19. The maximum atomic E-state index is 12.8. The van der Waals surface area contributed by atoms with Gasteiger partial charge in [-0.1, -0.05) is 6.92 Å². The summed E-state index contributed by atoms with van der Waals surface area (Å²) in [5, 5.41) is 0. The largest absolute Gasteiger partial charge is 0.456 e. The average molecular weight is 338 g/mol. The molecule has 10 heteroatoms. The van der Waals surface area contributed by atoms with Gasteiger partial charge in [0.1, 0.15) is 0 Å². The molecule has 0 N–H and O–H groups in total. The topological polar surface area (TPSA) is 52.6 Å². The fourth-order valence-corrected chi connectivity index (χ4v) is 0.933. The summed E-state index contributed by atoms with van der Waals surface area (Å²) in [7, 11) is 0. The Balaban J connectivity index is 4.44. The molecule has 0 fully saturated rings. The summed E-state index contributed by atoms with van der Waals surface area (Å²) in [6.07, 6.45) is -4.26. The molecule has 130 valence electrons. The SMILES string of the molecule is CCC(C)(C)C(=O)OCC(=O)OCC(F)(F)C(F)(F)C(F)F. The lowest BCUT2D eigenvalue weighted by molar-refractivity contribution is -0.276. The summed E-state index contributed by atoms with van der Waals surface area (Å²) in [5.74, 6) is -13.3. The third-order valence-electron chi connectivity index (χ3n) is 2.93. The van der Waals surface area contributed by atoms with Crippen molar-refractivity contribution in [1.82, 2.24) is 0 Å². The molecule has 0 aliphatic rings. The van der Waals surface area contributed by atoms with Gasteiger partial charge in [0.2, 0.25) is 0 Å². The molecule has 0 amide bonds. The van der Waals surface area contributed by atoms with Crippen LogP contribution in [0.3, 0.4) is 0 Å². The molecule has 0 rings (SSSR count). The lowest BCUT2D eigenvalue weighted by atomic mass is 9.91. The molecule has 0 aromatic carbocycles. The minimum atomic E-state index is -5.64. The molecular weight excluding hydrogens is 322 g/mol. The van der Waals surface area contributed by atoms with Crippen LogP contribution in [0.2, 0.25) is 0 Å². The molecule has 0 saturated carbocycles. The number of carbonyl (C=O) groups is 2. The van der Waals surface area contributed by atoms with Crippen molar-refractivity contribution in [2.75, 3.05) is 13.2 Å². The van der Waals surface area contributed by atoms with Crippen LogP contribution in [0.15, 0.2) is 0 Å². The highest BCUT2D eigenvalue weighted by atomic mass is 19.3. The van der Waals surface area contributed by atoms with Gasteiger partial charge in [-0.05, 0) is 20.3 Å². The van der Waals surface area contributed by atoms with Crippen molar-refractivity contribution >= 4 is 11.9 Å². The first kappa shape index (κ1) is 20.5. The van der Waals surface area contributed by atoms with Crippen molar-refractivity contribution < 1.29 is 45.4 Å². The standard InChI is InChI=1S/C12H16F6O4/c1-4-10(2,3)9(20)21-5-7(19)22-6-11(15,16)12(17,18)8(13)14/h8H,4-6H2,1-3H3. The van der Waals surface area contributed by atoms with Crippen molar-refractivity contribution in [2.45, 2.75) is 45.5 Å². The van der Waals surface area contributed by atoms with Crippen LogP contribution in [0.5, 0.6) is 0 Å². The van der Waals surface area contributed by atoms with Gasteiger partial charge >= 0.3 is 30.2 Å². The first-order chi connectivity index (χ1) is 9.78. The van der Waals surface area contributed by atoms with E-state index in [1.54, 1.807) is 6.92 Å². The summed E-state index contributed by atoms with van der Waals surface area (Å²) in [4.78, 5) is 22.5. The minimum absolute atomic E-state index is 0.361.